The molecular formula is C29H32ClNO2. The van der Waals surface area contributed by atoms with Gasteiger partial charge in [-0.15, -0.1) is 0 Å². The lowest BCUT2D eigenvalue weighted by atomic mass is 9.64. The zero-order valence-electron chi connectivity index (χ0n) is 19.2. The standard InChI is InChI=1S/C29H32NO2.ClH/c1-22-12-14-24(15-13-22)28(31)21-30-18-16-23(17-19-30)27(20-30)29(32,25-8-4-2-5-9-25)26-10-6-3-7-11-26;/h2-15,23,27,32H,16-21H2,1H3;1H/q+1;/p-1. The number of hydrogen-bond donors (Lipinski definition) is 1. The average molecular weight is 462 g/mol. The van der Waals surface area contributed by atoms with Crippen molar-refractivity contribution in [1.82, 2.24) is 0 Å². The summed E-state index contributed by atoms with van der Waals surface area (Å²) in [6.45, 7) is 5.45. The molecule has 172 valence electrons. The Labute approximate surface area is 203 Å². The number of aliphatic hydroxyl groups is 1. The topological polar surface area (TPSA) is 37.3 Å². The normalized spacial score (nSPS) is 24.2. The molecule has 0 radical (unpaired) electrons. The van der Waals surface area contributed by atoms with Gasteiger partial charge in [-0.1, -0.05) is 90.5 Å². The second-order valence-electron chi connectivity index (χ2n) is 9.86. The third kappa shape index (κ3) is 4.38. The molecule has 1 atom stereocenters. The minimum atomic E-state index is -1.05. The molecule has 2 bridgehead atoms. The number of ketones is 1. The lowest BCUT2D eigenvalue weighted by molar-refractivity contribution is -0.940. The number of benzene rings is 3. The number of carbonyl (C=O) groups excluding carboxylic acids is 1. The molecule has 6 rings (SSSR count). The minimum absolute atomic E-state index is 0. The van der Waals surface area contributed by atoms with Crippen LogP contribution in [0.15, 0.2) is 84.9 Å². The SMILES string of the molecule is Cc1ccc(C(=O)C[N+]23CCC(CC2)C(C(O)(c2ccccc2)c2ccccc2)C3)cc1.[Cl-]. The van der Waals surface area contributed by atoms with Gasteiger partial charge < -0.3 is 22.0 Å². The number of fused-ring (bicyclic) bond motifs is 3. The Hall–Kier alpha value is -2.46. The van der Waals surface area contributed by atoms with Crippen molar-refractivity contribution in [3.05, 3.63) is 107 Å². The van der Waals surface area contributed by atoms with E-state index >= 15 is 0 Å². The third-order valence-corrected chi connectivity index (χ3v) is 7.92. The van der Waals surface area contributed by atoms with E-state index in [9.17, 15) is 9.90 Å². The Morgan fingerprint density at radius 1 is 0.879 bits per heavy atom. The molecule has 33 heavy (non-hydrogen) atoms. The molecule has 0 aromatic heterocycles. The van der Waals surface area contributed by atoms with E-state index in [0.717, 1.165) is 53.6 Å². The maximum Gasteiger partial charge on any atom is 0.216 e. The first-order valence-corrected chi connectivity index (χ1v) is 11.8. The van der Waals surface area contributed by atoms with E-state index in [1.54, 1.807) is 0 Å². The number of halogens is 1. The Kier molecular flexibility index (Phi) is 6.76. The smallest absolute Gasteiger partial charge is 0.216 e. The first-order chi connectivity index (χ1) is 15.5. The van der Waals surface area contributed by atoms with Crippen LogP contribution in [-0.4, -0.2) is 41.6 Å². The molecule has 3 saturated heterocycles. The van der Waals surface area contributed by atoms with Crippen LogP contribution in [0.5, 0.6) is 0 Å². The van der Waals surface area contributed by atoms with Gasteiger partial charge in [0, 0.05) is 24.3 Å². The van der Waals surface area contributed by atoms with Crippen LogP contribution in [-0.2, 0) is 5.60 Å². The molecule has 1 N–H and O–H groups in total. The summed E-state index contributed by atoms with van der Waals surface area (Å²) < 4.78 is 0.788. The molecule has 0 amide bonds. The molecule has 3 aromatic rings. The highest BCUT2D eigenvalue weighted by Gasteiger charge is 2.55. The average Bonchev–Trinajstić information content (AvgIpc) is 2.85. The number of rotatable bonds is 6. The van der Waals surface area contributed by atoms with Gasteiger partial charge in [-0.2, -0.15) is 0 Å². The summed E-state index contributed by atoms with van der Waals surface area (Å²) in [6, 6.07) is 28.2. The fourth-order valence-corrected chi connectivity index (χ4v) is 6.10. The van der Waals surface area contributed by atoms with Gasteiger partial charge in [0.25, 0.3) is 0 Å². The van der Waals surface area contributed by atoms with Gasteiger partial charge >= 0.3 is 0 Å². The number of Topliss-reactive ketones (excluding diaryl/α,β-unsaturated/α-hetero) is 1. The van der Waals surface area contributed by atoms with Crippen molar-refractivity contribution in [2.24, 2.45) is 11.8 Å². The summed E-state index contributed by atoms with van der Waals surface area (Å²) in [5.74, 6) is 0.766. The van der Waals surface area contributed by atoms with Crippen molar-refractivity contribution in [2.75, 3.05) is 26.2 Å². The highest BCUT2D eigenvalue weighted by Crippen LogP contribution is 2.49. The number of aryl methyl sites for hydroxylation is 1. The van der Waals surface area contributed by atoms with Crippen LogP contribution in [0.2, 0.25) is 0 Å². The molecule has 0 aliphatic carbocycles. The monoisotopic (exact) mass is 461 g/mol. The fourth-order valence-electron chi connectivity index (χ4n) is 6.10. The first-order valence-electron chi connectivity index (χ1n) is 11.8. The quantitative estimate of drug-likeness (QED) is 0.450. The second kappa shape index (κ2) is 9.42. The highest BCUT2D eigenvalue weighted by molar-refractivity contribution is 5.97. The number of nitrogens with zero attached hydrogens (tertiary/aromatic N) is 1. The Morgan fingerprint density at radius 2 is 1.39 bits per heavy atom. The Bertz CT molecular complexity index is 1030. The van der Waals surface area contributed by atoms with Gasteiger partial charge in [0.1, 0.15) is 12.1 Å². The van der Waals surface area contributed by atoms with E-state index in [-0.39, 0.29) is 24.1 Å². The van der Waals surface area contributed by atoms with Gasteiger partial charge in [-0.25, -0.2) is 0 Å². The molecule has 0 spiro atoms. The Morgan fingerprint density at radius 3 is 1.91 bits per heavy atom. The van der Waals surface area contributed by atoms with Crippen LogP contribution in [0.4, 0.5) is 0 Å². The predicted molar refractivity (Wildman–Crippen MR) is 127 cm³/mol. The lowest BCUT2D eigenvalue weighted by Crippen LogP contribution is -3.00. The number of hydrogen-bond acceptors (Lipinski definition) is 2. The van der Waals surface area contributed by atoms with Crippen molar-refractivity contribution in [1.29, 1.82) is 0 Å². The zero-order valence-corrected chi connectivity index (χ0v) is 19.9. The molecule has 3 heterocycles. The lowest BCUT2D eigenvalue weighted by Gasteiger charge is -2.56. The molecule has 3 aliphatic heterocycles. The molecule has 3 aliphatic rings. The van der Waals surface area contributed by atoms with Crippen molar-refractivity contribution < 1.29 is 26.8 Å². The number of carbonyl (C=O) groups is 1. The van der Waals surface area contributed by atoms with Crippen LogP contribution < -0.4 is 12.4 Å². The van der Waals surface area contributed by atoms with E-state index in [4.69, 9.17) is 0 Å². The predicted octanol–water partition coefficient (Wildman–Crippen LogP) is 1.97. The van der Waals surface area contributed by atoms with Gasteiger partial charge in [0.15, 0.2) is 0 Å². The summed E-state index contributed by atoms with van der Waals surface area (Å²) in [7, 11) is 0. The minimum Gasteiger partial charge on any atom is -1.00 e. The summed E-state index contributed by atoms with van der Waals surface area (Å²) in [5.41, 5.74) is 2.82. The van der Waals surface area contributed by atoms with Crippen LogP contribution in [0.1, 0.15) is 39.9 Å². The van der Waals surface area contributed by atoms with Gasteiger partial charge in [0.05, 0.1) is 19.6 Å². The zero-order chi connectivity index (χ0) is 22.2. The number of quaternary nitrogens is 1. The second-order valence-corrected chi connectivity index (χ2v) is 9.86. The van der Waals surface area contributed by atoms with E-state index in [0.29, 0.717) is 12.5 Å². The van der Waals surface area contributed by atoms with Crippen molar-refractivity contribution in [3.63, 3.8) is 0 Å². The third-order valence-electron chi connectivity index (χ3n) is 7.92. The molecule has 1 unspecified atom stereocenters. The van der Waals surface area contributed by atoms with E-state index < -0.39 is 5.60 Å². The van der Waals surface area contributed by atoms with E-state index in [1.807, 2.05) is 91.9 Å². The van der Waals surface area contributed by atoms with Crippen molar-refractivity contribution in [3.8, 4) is 0 Å². The largest absolute Gasteiger partial charge is 1.00 e. The molecule has 3 aromatic carbocycles. The summed E-state index contributed by atoms with van der Waals surface area (Å²) >= 11 is 0. The van der Waals surface area contributed by atoms with Gasteiger partial charge in [-0.05, 0) is 24.0 Å². The first kappa shape index (κ1) is 23.7. The highest BCUT2D eigenvalue weighted by atomic mass is 35.5. The van der Waals surface area contributed by atoms with Gasteiger partial charge in [0.2, 0.25) is 5.78 Å². The van der Waals surface area contributed by atoms with Gasteiger partial charge in [-0.3, -0.25) is 4.79 Å². The van der Waals surface area contributed by atoms with Crippen molar-refractivity contribution in [2.45, 2.75) is 25.4 Å². The molecular weight excluding hydrogens is 430 g/mol. The maximum atomic E-state index is 13.2. The molecule has 3 nitrogen and oxygen atoms in total. The molecule has 4 heteroatoms. The van der Waals surface area contributed by atoms with E-state index in [1.165, 1.54) is 5.56 Å². The van der Waals surface area contributed by atoms with Crippen LogP contribution >= 0.6 is 0 Å². The number of piperidine rings is 3. The van der Waals surface area contributed by atoms with Crippen LogP contribution in [0.3, 0.4) is 0 Å². The maximum absolute atomic E-state index is 13.2. The molecule has 3 fully saturated rings. The summed E-state index contributed by atoms with van der Waals surface area (Å²) in [6.07, 6.45) is 2.13. The molecule has 0 saturated carbocycles. The fraction of sp³-hybridized carbons (Fsp3) is 0.345. The van der Waals surface area contributed by atoms with Crippen molar-refractivity contribution >= 4 is 5.78 Å². The Balaban J connectivity index is 0.00000259. The van der Waals surface area contributed by atoms with E-state index in [2.05, 4.69) is 0 Å². The van der Waals surface area contributed by atoms with Crippen LogP contribution in [0, 0.1) is 18.8 Å². The summed E-state index contributed by atoms with van der Waals surface area (Å²) in [4.78, 5) is 13.2. The summed E-state index contributed by atoms with van der Waals surface area (Å²) in [5, 5.41) is 12.4. The van der Waals surface area contributed by atoms with Crippen LogP contribution in [0.25, 0.3) is 0 Å².